The summed E-state index contributed by atoms with van der Waals surface area (Å²) in [6, 6.07) is 2.36. The molecular formula is C19H34N2O. The van der Waals surface area contributed by atoms with Gasteiger partial charge in [-0.2, -0.15) is 5.26 Å². The highest BCUT2D eigenvalue weighted by Crippen LogP contribution is 2.35. The third-order valence-corrected chi connectivity index (χ3v) is 5.72. The molecule has 2 unspecified atom stereocenters. The Morgan fingerprint density at radius 2 is 1.45 bits per heavy atom. The van der Waals surface area contributed by atoms with Crippen molar-refractivity contribution in [2.75, 3.05) is 0 Å². The molecule has 0 spiro atoms. The minimum absolute atomic E-state index is 0.104. The van der Waals surface area contributed by atoms with E-state index in [2.05, 4.69) is 33.8 Å². The summed E-state index contributed by atoms with van der Waals surface area (Å²) in [5, 5.41) is 8.67. The van der Waals surface area contributed by atoms with Crippen molar-refractivity contribution in [2.45, 2.75) is 72.6 Å². The van der Waals surface area contributed by atoms with Crippen molar-refractivity contribution in [1.82, 2.24) is 0 Å². The highest BCUT2D eigenvalue weighted by Gasteiger charge is 2.29. The Kier molecular flexibility index (Phi) is 7.93. The Morgan fingerprint density at radius 3 is 1.77 bits per heavy atom. The van der Waals surface area contributed by atoms with Crippen LogP contribution < -0.4 is 5.73 Å². The van der Waals surface area contributed by atoms with Gasteiger partial charge in [-0.3, -0.25) is 4.79 Å². The topological polar surface area (TPSA) is 66.9 Å². The van der Waals surface area contributed by atoms with Gasteiger partial charge in [-0.1, -0.05) is 27.7 Å². The number of primary amides is 1. The van der Waals surface area contributed by atoms with Crippen LogP contribution in [0.25, 0.3) is 0 Å². The zero-order chi connectivity index (χ0) is 16.7. The Labute approximate surface area is 136 Å². The number of nitriles is 1. The average molecular weight is 306 g/mol. The van der Waals surface area contributed by atoms with E-state index in [1.807, 2.05) is 0 Å². The SMILES string of the molecule is CC(C)C1CCC(C#N)CC1.CC(C)C1CCC(C(N)=O)C1. The van der Waals surface area contributed by atoms with Crippen LogP contribution >= 0.6 is 0 Å². The molecule has 0 aromatic carbocycles. The van der Waals surface area contributed by atoms with Crippen LogP contribution in [0.5, 0.6) is 0 Å². The predicted molar refractivity (Wildman–Crippen MR) is 90.8 cm³/mol. The minimum Gasteiger partial charge on any atom is -0.369 e. The van der Waals surface area contributed by atoms with Crippen LogP contribution in [0, 0.1) is 46.8 Å². The molecule has 0 radical (unpaired) electrons. The van der Waals surface area contributed by atoms with Crippen molar-refractivity contribution >= 4 is 5.91 Å². The highest BCUT2D eigenvalue weighted by molar-refractivity contribution is 5.76. The number of hydrogen-bond donors (Lipinski definition) is 1. The lowest BCUT2D eigenvalue weighted by atomic mass is 9.77. The van der Waals surface area contributed by atoms with Gasteiger partial charge in [-0.05, 0) is 68.6 Å². The Hall–Kier alpha value is -1.04. The first kappa shape index (κ1) is 19.0. The Bertz CT molecular complexity index is 375. The molecule has 1 amide bonds. The molecule has 2 aliphatic carbocycles. The molecular weight excluding hydrogens is 272 g/mol. The molecule has 126 valence electrons. The molecule has 0 aliphatic heterocycles. The van der Waals surface area contributed by atoms with Gasteiger partial charge in [0.05, 0.1) is 6.07 Å². The van der Waals surface area contributed by atoms with Crippen molar-refractivity contribution in [3.05, 3.63) is 0 Å². The standard InChI is InChI=1S/C10H17N.C9H17NO/c1-8(2)10-5-3-9(7-11)4-6-10;1-6(2)7-3-4-8(5-7)9(10)11/h8-10H,3-6H2,1-2H3;6-8H,3-5H2,1-2H3,(H2,10,11). The molecule has 2 N–H and O–H groups in total. The minimum atomic E-state index is -0.104. The van der Waals surface area contributed by atoms with Gasteiger partial charge in [0.25, 0.3) is 0 Å². The van der Waals surface area contributed by atoms with Gasteiger partial charge in [-0.25, -0.2) is 0 Å². The summed E-state index contributed by atoms with van der Waals surface area (Å²) >= 11 is 0. The molecule has 2 atom stereocenters. The van der Waals surface area contributed by atoms with Gasteiger partial charge in [0.2, 0.25) is 5.91 Å². The molecule has 0 aromatic rings. The van der Waals surface area contributed by atoms with Crippen LogP contribution in [0.1, 0.15) is 72.6 Å². The van der Waals surface area contributed by atoms with E-state index in [4.69, 9.17) is 11.0 Å². The number of carbonyl (C=O) groups excluding carboxylic acids is 1. The van der Waals surface area contributed by atoms with Gasteiger partial charge in [0, 0.05) is 11.8 Å². The lowest BCUT2D eigenvalue weighted by molar-refractivity contribution is -0.121. The summed E-state index contributed by atoms with van der Waals surface area (Å²) in [7, 11) is 0. The number of nitrogens with zero attached hydrogens (tertiary/aromatic N) is 1. The van der Waals surface area contributed by atoms with Crippen LogP contribution in [0.4, 0.5) is 0 Å². The molecule has 2 saturated carbocycles. The van der Waals surface area contributed by atoms with E-state index < -0.39 is 0 Å². The van der Waals surface area contributed by atoms with Gasteiger partial charge < -0.3 is 5.73 Å². The smallest absolute Gasteiger partial charge is 0.220 e. The molecule has 2 aliphatic rings. The van der Waals surface area contributed by atoms with E-state index in [1.165, 1.54) is 19.3 Å². The van der Waals surface area contributed by atoms with Crippen LogP contribution in [-0.2, 0) is 4.79 Å². The van der Waals surface area contributed by atoms with Crippen LogP contribution in [0.2, 0.25) is 0 Å². The Balaban J connectivity index is 0.000000220. The van der Waals surface area contributed by atoms with E-state index in [-0.39, 0.29) is 11.8 Å². The van der Waals surface area contributed by atoms with E-state index in [1.54, 1.807) is 0 Å². The number of rotatable bonds is 3. The number of hydrogen-bond acceptors (Lipinski definition) is 2. The fraction of sp³-hybridized carbons (Fsp3) is 0.895. The zero-order valence-corrected chi connectivity index (χ0v) is 14.8. The second-order valence-corrected chi connectivity index (χ2v) is 7.90. The monoisotopic (exact) mass is 306 g/mol. The number of amides is 1. The van der Waals surface area contributed by atoms with Crippen LogP contribution in [0.3, 0.4) is 0 Å². The molecule has 2 rings (SSSR count). The highest BCUT2D eigenvalue weighted by atomic mass is 16.1. The molecule has 22 heavy (non-hydrogen) atoms. The average Bonchev–Trinajstić information content (AvgIpc) is 2.98. The third kappa shape index (κ3) is 5.99. The summed E-state index contributed by atoms with van der Waals surface area (Å²) in [5.74, 6) is 3.57. The molecule has 2 fully saturated rings. The van der Waals surface area contributed by atoms with Crippen molar-refractivity contribution < 1.29 is 4.79 Å². The number of carbonyl (C=O) groups is 1. The van der Waals surface area contributed by atoms with Crippen molar-refractivity contribution in [1.29, 1.82) is 5.26 Å². The van der Waals surface area contributed by atoms with E-state index >= 15 is 0 Å². The third-order valence-electron chi connectivity index (χ3n) is 5.72. The van der Waals surface area contributed by atoms with Crippen molar-refractivity contribution in [2.24, 2.45) is 41.2 Å². The Morgan fingerprint density at radius 1 is 0.955 bits per heavy atom. The maximum atomic E-state index is 10.8. The van der Waals surface area contributed by atoms with Crippen LogP contribution in [0.15, 0.2) is 0 Å². The van der Waals surface area contributed by atoms with Gasteiger partial charge in [0.1, 0.15) is 0 Å². The maximum absolute atomic E-state index is 10.8. The van der Waals surface area contributed by atoms with E-state index in [0.717, 1.165) is 43.4 Å². The fourth-order valence-electron chi connectivity index (χ4n) is 3.80. The van der Waals surface area contributed by atoms with Gasteiger partial charge >= 0.3 is 0 Å². The van der Waals surface area contributed by atoms with Gasteiger partial charge in [-0.15, -0.1) is 0 Å². The second-order valence-electron chi connectivity index (χ2n) is 7.90. The normalized spacial score (nSPS) is 31.5. The molecule has 0 heterocycles. The summed E-state index contributed by atoms with van der Waals surface area (Å²) in [6.07, 6.45) is 8.04. The number of nitrogens with two attached hydrogens (primary N) is 1. The maximum Gasteiger partial charge on any atom is 0.220 e. The summed E-state index contributed by atoms with van der Waals surface area (Å²) < 4.78 is 0. The molecule has 0 saturated heterocycles. The second kappa shape index (κ2) is 9.18. The molecule has 3 nitrogen and oxygen atoms in total. The van der Waals surface area contributed by atoms with E-state index in [9.17, 15) is 4.79 Å². The fourth-order valence-corrected chi connectivity index (χ4v) is 3.80. The lowest BCUT2D eigenvalue weighted by Crippen LogP contribution is -2.21. The van der Waals surface area contributed by atoms with E-state index in [0.29, 0.717) is 11.8 Å². The quantitative estimate of drug-likeness (QED) is 0.833. The molecule has 0 aromatic heterocycles. The zero-order valence-electron chi connectivity index (χ0n) is 14.8. The van der Waals surface area contributed by atoms with Crippen molar-refractivity contribution in [3.63, 3.8) is 0 Å². The summed E-state index contributed by atoms with van der Waals surface area (Å²) in [5.41, 5.74) is 5.22. The first-order valence-electron chi connectivity index (χ1n) is 9.04. The summed E-state index contributed by atoms with van der Waals surface area (Å²) in [6.45, 7) is 9.01. The molecule has 3 heteroatoms. The predicted octanol–water partition coefficient (Wildman–Crippen LogP) is 4.52. The van der Waals surface area contributed by atoms with Gasteiger partial charge in [0.15, 0.2) is 0 Å². The largest absolute Gasteiger partial charge is 0.369 e. The summed E-state index contributed by atoms with van der Waals surface area (Å²) in [4.78, 5) is 10.8. The molecule has 0 bridgehead atoms. The first-order valence-corrected chi connectivity index (χ1v) is 9.04. The lowest BCUT2D eigenvalue weighted by Gasteiger charge is -2.27. The van der Waals surface area contributed by atoms with Crippen molar-refractivity contribution in [3.8, 4) is 6.07 Å². The van der Waals surface area contributed by atoms with Crippen LogP contribution in [-0.4, -0.2) is 5.91 Å². The first-order chi connectivity index (χ1) is 10.3.